The molecule has 0 aromatic carbocycles. The van der Waals surface area contributed by atoms with Crippen LogP contribution in [0.4, 0.5) is 0 Å². The summed E-state index contributed by atoms with van der Waals surface area (Å²) in [6.45, 7) is 5.97. The molecule has 0 aliphatic heterocycles. The van der Waals surface area contributed by atoms with E-state index in [1.807, 2.05) is 0 Å². The molecule has 11 heavy (non-hydrogen) atoms. The second-order valence-electron chi connectivity index (χ2n) is 2.33. The molecule has 1 nitrogen and oxygen atoms in total. The Hall–Kier alpha value is -0.300. The highest BCUT2D eigenvalue weighted by Gasteiger charge is 1.78. The molecule has 0 aromatic heterocycles. The van der Waals surface area contributed by atoms with Crippen molar-refractivity contribution in [2.75, 3.05) is 13.2 Å². The zero-order valence-corrected chi connectivity index (χ0v) is 7.10. The molecule has 0 heterocycles. The van der Waals surface area contributed by atoms with Gasteiger partial charge in [-0.1, -0.05) is 39.8 Å². The lowest BCUT2D eigenvalue weighted by Crippen LogP contribution is -1.91. The van der Waals surface area contributed by atoms with Gasteiger partial charge in [0.2, 0.25) is 0 Å². The van der Waals surface area contributed by atoms with Gasteiger partial charge in [0, 0.05) is 6.61 Å². The van der Waals surface area contributed by atoms with Crippen LogP contribution < -0.4 is 0 Å². The fourth-order valence-electron chi connectivity index (χ4n) is 0.648. The molecule has 0 rings (SSSR count). The van der Waals surface area contributed by atoms with Crippen molar-refractivity contribution in [3.05, 3.63) is 12.2 Å². The van der Waals surface area contributed by atoms with Crippen molar-refractivity contribution in [2.45, 2.75) is 40.5 Å². The van der Waals surface area contributed by atoms with E-state index in [4.69, 9.17) is 4.74 Å². The highest BCUT2D eigenvalue weighted by molar-refractivity contribution is 4.80. The first-order valence-electron chi connectivity index (χ1n) is 4.14. The van der Waals surface area contributed by atoms with Gasteiger partial charge in [-0.2, -0.15) is 0 Å². The minimum absolute atomic E-state index is 0. The third kappa shape index (κ3) is 12.8. The third-order valence-corrected chi connectivity index (χ3v) is 1.18. The van der Waals surface area contributed by atoms with Crippen molar-refractivity contribution in [1.29, 1.82) is 0 Å². The number of rotatable bonds is 6. The van der Waals surface area contributed by atoms with Gasteiger partial charge in [0.15, 0.2) is 0 Å². The van der Waals surface area contributed by atoms with Gasteiger partial charge in [0.1, 0.15) is 0 Å². The van der Waals surface area contributed by atoms with E-state index in [0.29, 0.717) is 0 Å². The third-order valence-electron chi connectivity index (χ3n) is 1.18. The summed E-state index contributed by atoms with van der Waals surface area (Å²) in [5.74, 6) is 0. The Kier molecular flexibility index (Phi) is 15.0. The van der Waals surface area contributed by atoms with Crippen LogP contribution >= 0.6 is 0 Å². The first-order chi connectivity index (χ1) is 4.91. The molecular formula is C10H22O. The van der Waals surface area contributed by atoms with Gasteiger partial charge in [-0.05, 0) is 12.8 Å². The largest absolute Gasteiger partial charge is 0.377 e. The molecule has 0 N–H and O–H groups in total. The first-order valence-corrected chi connectivity index (χ1v) is 4.14. The smallest absolute Gasteiger partial charge is 0.0647 e. The van der Waals surface area contributed by atoms with E-state index in [-0.39, 0.29) is 7.43 Å². The van der Waals surface area contributed by atoms with Crippen LogP contribution in [0.2, 0.25) is 0 Å². The van der Waals surface area contributed by atoms with Gasteiger partial charge >= 0.3 is 0 Å². The molecule has 0 radical (unpaired) electrons. The molecule has 0 aromatic rings. The number of allylic oxidation sites excluding steroid dienone is 1. The highest BCUT2D eigenvalue weighted by Crippen LogP contribution is 1.88. The van der Waals surface area contributed by atoms with E-state index in [9.17, 15) is 0 Å². The lowest BCUT2D eigenvalue weighted by Gasteiger charge is -1.94. The van der Waals surface area contributed by atoms with Crippen LogP contribution in [-0.4, -0.2) is 13.2 Å². The predicted molar refractivity (Wildman–Crippen MR) is 51.9 cm³/mol. The van der Waals surface area contributed by atoms with Crippen LogP contribution in [0.5, 0.6) is 0 Å². The van der Waals surface area contributed by atoms with Crippen molar-refractivity contribution >= 4 is 0 Å². The SMILES string of the molecule is C.CCCC=CCOCCC. The molecule has 0 saturated carbocycles. The summed E-state index contributed by atoms with van der Waals surface area (Å²) < 4.78 is 5.24. The van der Waals surface area contributed by atoms with Crippen LogP contribution in [0.3, 0.4) is 0 Å². The van der Waals surface area contributed by atoms with Gasteiger partial charge in [-0.3, -0.25) is 0 Å². The van der Waals surface area contributed by atoms with E-state index in [1.165, 1.54) is 12.8 Å². The van der Waals surface area contributed by atoms with Crippen LogP contribution in [0, 0.1) is 0 Å². The fraction of sp³-hybridized carbons (Fsp3) is 0.800. The molecule has 0 aliphatic rings. The van der Waals surface area contributed by atoms with Crippen LogP contribution in [-0.2, 0) is 4.74 Å². The predicted octanol–water partition coefficient (Wildman–Crippen LogP) is 3.41. The summed E-state index contributed by atoms with van der Waals surface area (Å²) >= 11 is 0. The van der Waals surface area contributed by atoms with Gasteiger partial charge < -0.3 is 4.74 Å². The van der Waals surface area contributed by atoms with Crippen molar-refractivity contribution in [2.24, 2.45) is 0 Å². The summed E-state index contributed by atoms with van der Waals surface area (Å²) in [7, 11) is 0. The second kappa shape index (κ2) is 12.4. The van der Waals surface area contributed by atoms with E-state index < -0.39 is 0 Å². The summed E-state index contributed by atoms with van der Waals surface area (Å²) in [5.41, 5.74) is 0. The van der Waals surface area contributed by atoms with Crippen LogP contribution in [0.15, 0.2) is 12.2 Å². The number of hydrogen-bond acceptors (Lipinski definition) is 1. The Balaban J connectivity index is 0. The summed E-state index contributed by atoms with van der Waals surface area (Å²) in [5, 5.41) is 0. The molecule has 0 aliphatic carbocycles. The van der Waals surface area contributed by atoms with Crippen molar-refractivity contribution in [1.82, 2.24) is 0 Å². The van der Waals surface area contributed by atoms with Gasteiger partial charge in [-0.25, -0.2) is 0 Å². The zero-order chi connectivity index (χ0) is 7.66. The number of unbranched alkanes of at least 4 members (excludes halogenated alkanes) is 1. The quantitative estimate of drug-likeness (QED) is 0.425. The molecule has 0 unspecified atom stereocenters. The van der Waals surface area contributed by atoms with E-state index in [0.717, 1.165) is 19.6 Å². The second-order valence-corrected chi connectivity index (χ2v) is 2.33. The minimum Gasteiger partial charge on any atom is -0.377 e. The zero-order valence-electron chi connectivity index (χ0n) is 7.10. The monoisotopic (exact) mass is 158 g/mol. The maximum absolute atomic E-state index is 5.24. The fourth-order valence-corrected chi connectivity index (χ4v) is 0.648. The van der Waals surface area contributed by atoms with Crippen molar-refractivity contribution < 1.29 is 4.74 Å². The standard InChI is InChI=1S/C9H18O.CH4/c1-3-5-6-7-9-10-8-4-2;/h6-7H,3-5,8-9H2,1-2H3;1H4. The van der Waals surface area contributed by atoms with E-state index in [2.05, 4.69) is 26.0 Å². The van der Waals surface area contributed by atoms with E-state index in [1.54, 1.807) is 0 Å². The summed E-state index contributed by atoms with van der Waals surface area (Å²) in [6.07, 6.45) is 7.79. The summed E-state index contributed by atoms with van der Waals surface area (Å²) in [4.78, 5) is 0. The lowest BCUT2D eigenvalue weighted by atomic mass is 10.3. The molecular weight excluding hydrogens is 136 g/mol. The average Bonchev–Trinajstić information content (AvgIpc) is 1.97. The normalized spacial score (nSPS) is 10.0. The number of ether oxygens (including phenoxy) is 1. The molecule has 0 atom stereocenters. The topological polar surface area (TPSA) is 9.23 Å². The Morgan fingerprint density at radius 3 is 2.36 bits per heavy atom. The Labute approximate surface area is 71.5 Å². The first kappa shape index (κ1) is 13.3. The van der Waals surface area contributed by atoms with Crippen LogP contribution in [0.1, 0.15) is 40.5 Å². The molecule has 1 heteroatoms. The molecule has 0 fully saturated rings. The molecule has 0 amide bonds. The highest BCUT2D eigenvalue weighted by atomic mass is 16.5. The Morgan fingerprint density at radius 1 is 1.09 bits per heavy atom. The molecule has 0 spiro atoms. The van der Waals surface area contributed by atoms with Gasteiger partial charge in [-0.15, -0.1) is 0 Å². The minimum atomic E-state index is 0. The van der Waals surface area contributed by atoms with Crippen molar-refractivity contribution in [3.63, 3.8) is 0 Å². The lowest BCUT2D eigenvalue weighted by molar-refractivity contribution is 0.163. The number of hydrogen-bond donors (Lipinski definition) is 0. The van der Waals surface area contributed by atoms with Gasteiger partial charge in [0.05, 0.1) is 6.61 Å². The van der Waals surface area contributed by atoms with Crippen molar-refractivity contribution in [3.8, 4) is 0 Å². The Bertz CT molecular complexity index is 76.9. The Morgan fingerprint density at radius 2 is 1.82 bits per heavy atom. The summed E-state index contributed by atoms with van der Waals surface area (Å²) in [6, 6.07) is 0. The maximum atomic E-state index is 5.24. The van der Waals surface area contributed by atoms with E-state index >= 15 is 0 Å². The van der Waals surface area contributed by atoms with Gasteiger partial charge in [0.25, 0.3) is 0 Å². The molecule has 68 valence electrons. The maximum Gasteiger partial charge on any atom is 0.0647 e. The molecule has 0 saturated heterocycles. The van der Waals surface area contributed by atoms with Crippen LogP contribution in [0.25, 0.3) is 0 Å². The molecule has 0 bridgehead atoms. The average molecular weight is 158 g/mol.